The van der Waals surface area contributed by atoms with E-state index in [9.17, 15) is 9.18 Å². The van der Waals surface area contributed by atoms with Gasteiger partial charge in [-0.1, -0.05) is 0 Å². The van der Waals surface area contributed by atoms with Crippen LogP contribution in [-0.4, -0.2) is 60.4 Å². The average molecular weight is 272 g/mol. The van der Waals surface area contributed by atoms with Gasteiger partial charge in [0.25, 0.3) is 0 Å². The van der Waals surface area contributed by atoms with Crippen molar-refractivity contribution < 1.29 is 13.9 Å². The highest BCUT2D eigenvalue weighted by atomic mass is 19.1. The monoisotopic (exact) mass is 272 g/mol. The molecule has 2 heterocycles. The van der Waals surface area contributed by atoms with Gasteiger partial charge in [0.05, 0.1) is 0 Å². The molecule has 2 atom stereocenters. The summed E-state index contributed by atoms with van der Waals surface area (Å²) in [5, 5.41) is 0. The van der Waals surface area contributed by atoms with Gasteiger partial charge in [0.1, 0.15) is 11.8 Å². The summed E-state index contributed by atoms with van der Waals surface area (Å²) in [6.45, 7) is 9.44. The van der Waals surface area contributed by atoms with Gasteiger partial charge in [0.15, 0.2) is 0 Å². The normalized spacial score (nSPS) is 28.9. The van der Waals surface area contributed by atoms with Crippen LogP contribution in [0, 0.1) is 5.92 Å². The van der Waals surface area contributed by atoms with Crippen LogP contribution >= 0.6 is 0 Å². The Morgan fingerprint density at radius 1 is 1.26 bits per heavy atom. The summed E-state index contributed by atoms with van der Waals surface area (Å²) in [6.07, 6.45) is 0.762. The van der Waals surface area contributed by atoms with Crippen molar-refractivity contribution in [1.29, 1.82) is 0 Å². The second kappa shape index (κ2) is 5.65. The van der Waals surface area contributed by atoms with Crippen LogP contribution in [0.5, 0.6) is 0 Å². The SMILES string of the molecule is CC(C)(C)OC(=O)N1CC[C@H](CN2CC[C@@H](F)C2)C1. The first-order valence-corrected chi connectivity index (χ1v) is 7.18. The molecule has 0 saturated carbocycles. The van der Waals surface area contributed by atoms with Crippen LogP contribution in [0.2, 0.25) is 0 Å². The molecule has 0 N–H and O–H groups in total. The third-order valence-corrected chi connectivity index (χ3v) is 3.67. The van der Waals surface area contributed by atoms with E-state index >= 15 is 0 Å². The van der Waals surface area contributed by atoms with E-state index in [1.54, 1.807) is 4.90 Å². The van der Waals surface area contributed by atoms with Crippen LogP contribution in [0.1, 0.15) is 33.6 Å². The van der Waals surface area contributed by atoms with Crippen LogP contribution in [0.3, 0.4) is 0 Å². The molecule has 5 heteroatoms. The van der Waals surface area contributed by atoms with Crippen LogP contribution in [0.4, 0.5) is 9.18 Å². The number of hydrogen-bond acceptors (Lipinski definition) is 3. The number of carbonyl (C=O) groups is 1. The van der Waals surface area contributed by atoms with Gasteiger partial charge in [-0.15, -0.1) is 0 Å². The highest BCUT2D eigenvalue weighted by Gasteiger charge is 2.32. The topological polar surface area (TPSA) is 32.8 Å². The molecular weight excluding hydrogens is 247 g/mol. The zero-order valence-electron chi connectivity index (χ0n) is 12.2. The first kappa shape index (κ1) is 14.6. The number of likely N-dealkylation sites (tertiary alicyclic amines) is 2. The van der Waals surface area contributed by atoms with E-state index in [1.807, 2.05) is 20.8 Å². The summed E-state index contributed by atoms with van der Waals surface area (Å²) in [4.78, 5) is 15.9. The van der Waals surface area contributed by atoms with Crippen molar-refractivity contribution in [2.75, 3.05) is 32.7 Å². The Balaban J connectivity index is 1.75. The Kier molecular flexibility index (Phi) is 4.33. The Morgan fingerprint density at radius 2 is 2.00 bits per heavy atom. The molecule has 1 amide bonds. The number of hydrogen-bond donors (Lipinski definition) is 0. The molecule has 2 fully saturated rings. The maximum Gasteiger partial charge on any atom is 0.410 e. The Labute approximate surface area is 114 Å². The molecular formula is C14H25FN2O2. The molecule has 0 unspecified atom stereocenters. The van der Waals surface area contributed by atoms with Gasteiger partial charge in [0, 0.05) is 32.7 Å². The zero-order valence-corrected chi connectivity index (χ0v) is 12.2. The van der Waals surface area contributed by atoms with E-state index in [2.05, 4.69) is 4.90 Å². The summed E-state index contributed by atoms with van der Waals surface area (Å²) < 4.78 is 18.5. The van der Waals surface area contributed by atoms with Crippen molar-refractivity contribution in [1.82, 2.24) is 9.80 Å². The van der Waals surface area contributed by atoms with Crippen molar-refractivity contribution in [2.45, 2.75) is 45.4 Å². The van der Waals surface area contributed by atoms with Crippen molar-refractivity contribution in [3.05, 3.63) is 0 Å². The molecule has 0 spiro atoms. The number of rotatable bonds is 2. The standard InChI is InChI=1S/C14H25FN2O2/c1-14(2,3)19-13(18)17-7-4-11(9-17)8-16-6-5-12(15)10-16/h11-12H,4-10H2,1-3H3/t11-,12-/m1/s1. The van der Waals surface area contributed by atoms with E-state index < -0.39 is 11.8 Å². The largest absolute Gasteiger partial charge is 0.444 e. The van der Waals surface area contributed by atoms with Crippen molar-refractivity contribution >= 4 is 6.09 Å². The summed E-state index contributed by atoms with van der Waals surface area (Å²) in [6, 6.07) is 0. The highest BCUT2D eigenvalue weighted by Crippen LogP contribution is 2.22. The van der Waals surface area contributed by atoms with E-state index in [1.165, 1.54) is 0 Å². The maximum absolute atomic E-state index is 13.1. The van der Waals surface area contributed by atoms with Gasteiger partial charge in [-0.2, -0.15) is 0 Å². The van der Waals surface area contributed by atoms with Gasteiger partial charge < -0.3 is 9.64 Å². The minimum Gasteiger partial charge on any atom is -0.444 e. The number of carbonyl (C=O) groups excluding carboxylic acids is 1. The maximum atomic E-state index is 13.1. The van der Waals surface area contributed by atoms with E-state index in [0.717, 1.165) is 32.6 Å². The fourth-order valence-electron chi connectivity index (χ4n) is 2.79. The van der Waals surface area contributed by atoms with Crippen LogP contribution in [0.15, 0.2) is 0 Å². The molecule has 0 aromatic rings. The van der Waals surface area contributed by atoms with Crippen LogP contribution in [0.25, 0.3) is 0 Å². The molecule has 2 rings (SSSR count). The first-order valence-electron chi connectivity index (χ1n) is 7.18. The molecule has 0 aromatic carbocycles. The number of halogens is 1. The molecule has 2 aliphatic rings. The lowest BCUT2D eigenvalue weighted by Crippen LogP contribution is -2.36. The Bertz CT molecular complexity index is 330. The fraction of sp³-hybridized carbons (Fsp3) is 0.929. The predicted molar refractivity (Wildman–Crippen MR) is 71.9 cm³/mol. The fourth-order valence-corrected chi connectivity index (χ4v) is 2.79. The lowest BCUT2D eigenvalue weighted by atomic mass is 10.1. The van der Waals surface area contributed by atoms with Gasteiger partial charge in [-0.25, -0.2) is 9.18 Å². The summed E-state index contributed by atoms with van der Waals surface area (Å²) in [5.74, 6) is 0.456. The molecule has 0 aliphatic carbocycles. The molecule has 110 valence electrons. The second-order valence-corrected chi connectivity index (χ2v) is 6.73. The molecule has 0 bridgehead atoms. The minimum atomic E-state index is -0.664. The number of alkyl halides is 1. The zero-order chi connectivity index (χ0) is 14.0. The molecule has 19 heavy (non-hydrogen) atoms. The molecule has 0 aromatic heterocycles. The van der Waals surface area contributed by atoms with Crippen LogP contribution in [-0.2, 0) is 4.74 Å². The van der Waals surface area contributed by atoms with Gasteiger partial charge in [-0.05, 0) is 39.5 Å². The van der Waals surface area contributed by atoms with Gasteiger partial charge in [-0.3, -0.25) is 4.90 Å². The quantitative estimate of drug-likeness (QED) is 0.773. The first-order chi connectivity index (χ1) is 8.83. The summed E-state index contributed by atoms with van der Waals surface area (Å²) >= 11 is 0. The Morgan fingerprint density at radius 3 is 2.58 bits per heavy atom. The lowest BCUT2D eigenvalue weighted by Gasteiger charge is -2.25. The van der Waals surface area contributed by atoms with E-state index in [0.29, 0.717) is 18.9 Å². The third-order valence-electron chi connectivity index (χ3n) is 3.67. The molecule has 2 aliphatic heterocycles. The van der Waals surface area contributed by atoms with Crippen molar-refractivity contribution in [3.8, 4) is 0 Å². The van der Waals surface area contributed by atoms with Gasteiger partial charge >= 0.3 is 6.09 Å². The highest BCUT2D eigenvalue weighted by molar-refractivity contribution is 5.68. The third kappa shape index (κ3) is 4.34. The smallest absolute Gasteiger partial charge is 0.410 e. The van der Waals surface area contributed by atoms with Crippen LogP contribution < -0.4 is 0 Å². The second-order valence-electron chi connectivity index (χ2n) is 6.73. The Hall–Kier alpha value is -0.840. The minimum absolute atomic E-state index is 0.222. The molecule has 4 nitrogen and oxygen atoms in total. The van der Waals surface area contributed by atoms with Crippen molar-refractivity contribution in [2.24, 2.45) is 5.92 Å². The predicted octanol–water partition coefficient (Wildman–Crippen LogP) is 2.29. The summed E-state index contributed by atoms with van der Waals surface area (Å²) in [5.41, 5.74) is -0.439. The van der Waals surface area contributed by atoms with Crippen molar-refractivity contribution in [3.63, 3.8) is 0 Å². The van der Waals surface area contributed by atoms with E-state index in [4.69, 9.17) is 4.74 Å². The number of amides is 1. The lowest BCUT2D eigenvalue weighted by molar-refractivity contribution is 0.0285. The van der Waals surface area contributed by atoms with E-state index in [-0.39, 0.29) is 6.09 Å². The van der Waals surface area contributed by atoms with Gasteiger partial charge in [0.2, 0.25) is 0 Å². The summed E-state index contributed by atoms with van der Waals surface area (Å²) in [7, 11) is 0. The molecule has 0 radical (unpaired) electrons. The average Bonchev–Trinajstić information content (AvgIpc) is 2.86. The number of nitrogens with zero attached hydrogens (tertiary/aromatic N) is 2. The molecule has 2 saturated heterocycles. The number of ether oxygens (including phenoxy) is 1.